The van der Waals surface area contributed by atoms with Crippen LogP contribution in [0.15, 0.2) is 18.2 Å². The second-order valence-electron chi connectivity index (χ2n) is 6.85. The van der Waals surface area contributed by atoms with Gasteiger partial charge in [0, 0.05) is 52.9 Å². The first-order valence-electron chi connectivity index (χ1n) is 9.78. The number of rotatable bonds is 12. The Hall–Kier alpha value is -1.38. The third kappa shape index (κ3) is 7.63. The fourth-order valence-corrected chi connectivity index (χ4v) is 3.17. The van der Waals surface area contributed by atoms with Crippen LogP contribution in [0.3, 0.4) is 0 Å². The molecule has 0 bridgehead atoms. The smallest absolute Gasteiger partial charge is 0.161 e. The maximum Gasteiger partial charge on any atom is 0.161 e. The fourth-order valence-electron chi connectivity index (χ4n) is 3.17. The van der Waals surface area contributed by atoms with Crippen LogP contribution in [0.5, 0.6) is 11.5 Å². The van der Waals surface area contributed by atoms with Crippen molar-refractivity contribution in [3.05, 3.63) is 23.8 Å². The predicted molar refractivity (Wildman–Crippen MR) is 107 cm³/mol. The number of methoxy groups -OCH3 is 2. The summed E-state index contributed by atoms with van der Waals surface area (Å²) in [5, 5.41) is 13.6. The van der Waals surface area contributed by atoms with E-state index in [1.54, 1.807) is 14.2 Å². The summed E-state index contributed by atoms with van der Waals surface area (Å²) in [5.74, 6) is 1.35. The highest BCUT2D eigenvalue weighted by Gasteiger charge is 2.19. The van der Waals surface area contributed by atoms with Crippen molar-refractivity contribution in [2.45, 2.75) is 19.6 Å². The summed E-state index contributed by atoms with van der Waals surface area (Å²) in [6.45, 7) is 10.5. The zero-order chi connectivity index (χ0) is 19.5. The van der Waals surface area contributed by atoms with Crippen molar-refractivity contribution in [3.63, 3.8) is 0 Å². The molecule has 7 heteroatoms. The van der Waals surface area contributed by atoms with Crippen molar-refractivity contribution in [1.29, 1.82) is 0 Å². The molecule has 2 N–H and O–H groups in total. The van der Waals surface area contributed by atoms with Crippen molar-refractivity contribution in [1.82, 2.24) is 15.1 Å². The van der Waals surface area contributed by atoms with Crippen LogP contribution in [0.2, 0.25) is 0 Å². The second-order valence-corrected chi connectivity index (χ2v) is 6.85. The van der Waals surface area contributed by atoms with Gasteiger partial charge in [0.1, 0.15) is 12.7 Å². The summed E-state index contributed by atoms with van der Waals surface area (Å²) >= 11 is 0. The van der Waals surface area contributed by atoms with Crippen LogP contribution in [-0.2, 0) is 11.3 Å². The number of hydrogen-bond acceptors (Lipinski definition) is 7. The van der Waals surface area contributed by atoms with Gasteiger partial charge in [0.2, 0.25) is 0 Å². The molecule has 0 aliphatic carbocycles. The zero-order valence-corrected chi connectivity index (χ0v) is 16.9. The molecule has 1 aliphatic heterocycles. The molecule has 1 fully saturated rings. The van der Waals surface area contributed by atoms with E-state index in [0.717, 1.165) is 51.4 Å². The molecule has 7 nitrogen and oxygen atoms in total. The normalized spacial score (nSPS) is 17.0. The third-order valence-corrected chi connectivity index (χ3v) is 4.85. The number of aliphatic hydroxyl groups excluding tert-OH is 1. The van der Waals surface area contributed by atoms with Crippen molar-refractivity contribution < 1.29 is 19.3 Å². The standard InChI is InChI=1S/C20H35N3O4/c1-4-22-8-10-23(11-9-22)15-18(24)16-27-19-6-5-17(13-20(19)26-3)14-21-7-12-25-2/h5-6,13,18,21,24H,4,7-12,14-16H2,1-3H3/t18-/m1/s1. The number of piperazine rings is 1. The number of hydrogen-bond donors (Lipinski definition) is 2. The molecular weight excluding hydrogens is 346 g/mol. The Bertz CT molecular complexity index is 536. The molecule has 0 amide bonds. The third-order valence-electron chi connectivity index (χ3n) is 4.85. The molecule has 1 aliphatic rings. The highest BCUT2D eigenvalue weighted by molar-refractivity contribution is 5.43. The van der Waals surface area contributed by atoms with Crippen LogP contribution in [0, 0.1) is 0 Å². The van der Waals surface area contributed by atoms with Crippen LogP contribution in [0.4, 0.5) is 0 Å². The highest BCUT2D eigenvalue weighted by Crippen LogP contribution is 2.28. The van der Waals surface area contributed by atoms with Crippen LogP contribution in [0.1, 0.15) is 12.5 Å². The van der Waals surface area contributed by atoms with Gasteiger partial charge in [0.05, 0.1) is 13.7 Å². The number of nitrogens with zero attached hydrogens (tertiary/aromatic N) is 2. The highest BCUT2D eigenvalue weighted by atomic mass is 16.5. The minimum absolute atomic E-state index is 0.260. The Morgan fingerprint density at radius 1 is 1.11 bits per heavy atom. The molecule has 0 radical (unpaired) electrons. The molecular formula is C20H35N3O4. The topological polar surface area (TPSA) is 66.4 Å². The molecule has 0 saturated carbocycles. The number of nitrogens with one attached hydrogen (secondary N) is 1. The number of likely N-dealkylation sites (N-methyl/N-ethyl adjacent to an activating group) is 1. The van der Waals surface area contributed by atoms with E-state index in [1.165, 1.54) is 0 Å². The van der Waals surface area contributed by atoms with Crippen molar-refractivity contribution in [2.24, 2.45) is 0 Å². The van der Waals surface area contributed by atoms with Gasteiger partial charge in [-0.2, -0.15) is 0 Å². The van der Waals surface area contributed by atoms with Gasteiger partial charge in [-0.15, -0.1) is 0 Å². The largest absolute Gasteiger partial charge is 0.493 e. The van der Waals surface area contributed by atoms with E-state index in [1.807, 2.05) is 18.2 Å². The Labute approximate surface area is 163 Å². The lowest BCUT2D eigenvalue weighted by atomic mass is 10.2. The molecule has 1 aromatic rings. The summed E-state index contributed by atoms with van der Waals surface area (Å²) in [5.41, 5.74) is 1.12. The van der Waals surface area contributed by atoms with Gasteiger partial charge >= 0.3 is 0 Å². The predicted octanol–water partition coefficient (Wildman–Crippen LogP) is 0.808. The second kappa shape index (κ2) is 12.2. The Morgan fingerprint density at radius 3 is 2.52 bits per heavy atom. The average molecular weight is 382 g/mol. The first-order valence-corrected chi connectivity index (χ1v) is 9.78. The van der Waals surface area contributed by atoms with E-state index in [2.05, 4.69) is 22.0 Å². The number of ether oxygens (including phenoxy) is 3. The van der Waals surface area contributed by atoms with Crippen molar-refractivity contribution >= 4 is 0 Å². The summed E-state index contributed by atoms with van der Waals surface area (Å²) in [6.07, 6.45) is -0.515. The summed E-state index contributed by atoms with van der Waals surface area (Å²) < 4.78 is 16.3. The van der Waals surface area contributed by atoms with E-state index in [9.17, 15) is 5.11 Å². The van der Waals surface area contributed by atoms with Gasteiger partial charge in [0.25, 0.3) is 0 Å². The van der Waals surface area contributed by atoms with Gasteiger partial charge in [-0.25, -0.2) is 0 Å². The molecule has 0 aromatic heterocycles. The Kier molecular flexibility index (Phi) is 9.86. The number of aliphatic hydroxyl groups is 1. The Morgan fingerprint density at radius 2 is 1.85 bits per heavy atom. The molecule has 1 saturated heterocycles. The molecule has 2 rings (SSSR count). The van der Waals surface area contributed by atoms with E-state index >= 15 is 0 Å². The summed E-state index contributed by atoms with van der Waals surface area (Å²) in [6, 6.07) is 5.87. The van der Waals surface area contributed by atoms with Crippen molar-refractivity contribution in [3.8, 4) is 11.5 Å². The quantitative estimate of drug-likeness (QED) is 0.520. The molecule has 1 heterocycles. The van der Waals surface area contributed by atoms with E-state index in [0.29, 0.717) is 24.7 Å². The summed E-state index contributed by atoms with van der Waals surface area (Å²) in [7, 11) is 3.32. The first kappa shape index (κ1) is 21.9. The van der Waals surface area contributed by atoms with Gasteiger partial charge in [0.15, 0.2) is 11.5 Å². The van der Waals surface area contributed by atoms with Crippen LogP contribution in [-0.4, -0.2) is 94.3 Å². The lowest BCUT2D eigenvalue weighted by Gasteiger charge is -2.34. The maximum atomic E-state index is 10.3. The minimum Gasteiger partial charge on any atom is -0.493 e. The van der Waals surface area contributed by atoms with Crippen molar-refractivity contribution in [2.75, 3.05) is 73.2 Å². The summed E-state index contributed by atoms with van der Waals surface area (Å²) in [4.78, 5) is 4.72. The first-order chi connectivity index (χ1) is 13.2. The lowest BCUT2D eigenvalue weighted by molar-refractivity contribution is 0.0464. The van der Waals surface area contributed by atoms with E-state index < -0.39 is 6.10 Å². The van der Waals surface area contributed by atoms with E-state index in [4.69, 9.17) is 14.2 Å². The molecule has 27 heavy (non-hydrogen) atoms. The van der Waals surface area contributed by atoms with Crippen LogP contribution < -0.4 is 14.8 Å². The van der Waals surface area contributed by atoms with E-state index in [-0.39, 0.29) is 6.61 Å². The number of β-amino-alcohol motifs (C(OH)–C–C–N with tert-alkyl or cyclic N) is 1. The van der Waals surface area contributed by atoms with Gasteiger partial charge in [-0.1, -0.05) is 13.0 Å². The van der Waals surface area contributed by atoms with Crippen LogP contribution in [0.25, 0.3) is 0 Å². The maximum absolute atomic E-state index is 10.3. The fraction of sp³-hybridized carbons (Fsp3) is 0.700. The monoisotopic (exact) mass is 381 g/mol. The molecule has 1 aromatic carbocycles. The lowest BCUT2D eigenvalue weighted by Crippen LogP contribution is -2.49. The zero-order valence-electron chi connectivity index (χ0n) is 16.9. The minimum atomic E-state index is -0.515. The van der Waals surface area contributed by atoms with Gasteiger partial charge in [-0.05, 0) is 24.2 Å². The SMILES string of the molecule is CCN1CCN(C[C@@H](O)COc2ccc(CNCCOC)cc2OC)CC1. The molecule has 0 spiro atoms. The molecule has 0 unspecified atom stereocenters. The Balaban J connectivity index is 1.77. The van der Waals surface area contributed by atoms with Crippen LogP contribution >= 0.6 is 0 Å². The van der Waals surface area contributed by atoms with Gasteiger partial charge < -0.3 is 29.5 Å². The molecule has 154 valence electrons. The van der Waals surface area contributed by atoms with Gasteiger partial charge in [-0.3, -0.25) is 4.90 Å². The number of benzene rings is 1. The molecule has 1 atom stereocenters. The average Bonchev–Trinajstić information content (AvgIpc) is 2.70.